The number of amides is 1. The lowest BCUT2D eigenvalue weighted by Crippen LogP contribution is -2.52. The minimum absolute atomic E-state index is 0.321. The molecule has 2 aliphatic rings. The number of hydrogen-bond donors (Lipinski definition) is 1. The number of alkyl carbamates (subject to hydrolysis) is 1. The molecule has 1 unspecified atom stereocenters. The van der Waals surface area contributed by atoms with E-state index in [-0.39, 0.29) is 6.09 Å². The molecule has 1 aliphatic carbocycles. The van der Waals surface area contributed by atoms with Crippen molar-refractivity contribution in [2.75, 3.05) is 26.2 Å². The largest absolute Gasteiger partial charge is 0.445 e. The van der Waals surface area contributed by atoms with Gasteiger partial charge in [-0.1, -0.05) is 51.1 Å². The average molecular weight is 447 g/mol. The molecule has 1 aromatic carbocycles. The topological polar surface area (TPSA) is 50.8 Å². The molecule has 1 aromatic rings. The Morgan fingerprint density at radius 1 is 1.10 bits per heavy atom. The van der Waals surface area contributed by atoms with E-state index >= 15 is 0 Å². The first kappa shape index (κ1) is 24.3. The summed E-state index contributed by atoms with van der Waals surface area (Å²) in [5.74, 6) is 0. The number of likely N-dealkylation sites (tertiary alicyclic amines) is 1. The smallest absolute Gasteiger partial charge is 0.407 e. The molecular formula is C25H42N2O3Si. The maximum absolute atomic E-state index is 11.9. The molecular weight excluding hydrogens is 404 g/mol. The summed E-state index contributed by atoms with van der Waals surface area (Å²) in [4.78, 5) is 14.5. The van der Waals surface area contributed by atoms with Gasteiger partial charge in [0.25, 0.3) is 0 Å². The maximum Gasteiger partial charge on any atom is 0.407 e. The van der Waals surface area contributed by atoms with Crippen molar-refractivity contribution in [3.05, 3.63) is 35.9 Å². The Labute approximate surface area is 190 Å². The van der Waals surface area contributed by atoms with Crippen molar-refractivity contribution >= 4 is 14.4 Å². The van der Waals surface area contributed by atoms with Crippen LogP contribution in [0.2, 0.25) is 18.1 Å². The molecule has 1 spiro atoms. The van der Waals surface area contributed by atoms with Gasteiger partial charge in [-0.25, -0.2) is 4.79 Å². The molecule has 1 amide bonds. The normalized spacial score (nSPS) is 20.5. The number of nitrogens with zero attached hydrogens (tertiary/aromatic N) is 1. The summed E-state index contributed by atoms with van der Waals surface area (Å²) in [5, 5.41) is 2.88. The summed E-state index contributed by atoms with van der Waals surface area (Å²) in [6.07, 6.45) is 6.21. The van der Waals surface area contributed by atoms with Crippen LogP contribution in [0.3, 0.4) is 0 Å². The maximum atomic E-state index is 11.9. The minimum atomic E-state index is -1.56. The van der Waals surface area contributed by atoms with Crippen molar-refractivity contribution in [2.24, 2.45) is 5.41 Å². The van der Waals surface area contributed by atoms with E-state index in [4.69, 9.17) is 9.16 Å². The number of unbranched alkanes of at least 4 members (excludes halogenated alkanes) is 1. The zero-order chi connectivity index (χ0) is 22.2. The molecule has 174 valence electrons. The fourth-order valence-corrected chi connectivity index (χ4v) is 7.81. The zero-order valence-electron chi connectivity index (χ0n) is 19.8. The Morgan fingerprint density at radius 2 is 1.81 bits per heavy atom. The van der Waals surface area contributed by atoms with Crippen molar-refractivity contribution in [1.82, 2.24) is 10.2 Å². The highest BCUT2D eigenvalue weighted by Crippen LogP contribution is 2.55. The molecule has 6 heteroatoms. The molecule has 0 aromatic heterocycles. The summed E-state index contributed by atoms with van der Waals surface area (Å²) in [6, 6.07) is 13.5. The fraction of sp³-hybridized carbons (Fsp3) is 0.720. The third-order valence-electron chi connectivity index (χ3n) is 7.63. The van der Waals surface area contributed by atoms with Crippen molar-refractivity contribution in [3.8, 4) is 0 Å². The minimum Gasteiger partial charge on any atom is -0.445 e. The van der Waals surface area contributed by atoms with Gasteiger partial charge in [0, 0.05) is 13.1 Å². The lowest BCUT2D eigenvalue weighted by Gasteiger charge is -2.44. The van der Waals surface area contributed by atoms with Crippen molar-refractivity contribution in [3.63, 3.8) is 0 Å². The molecule has 1 atom stereocenters. The second-order valence-corrected chi connectivity index (χ2v) is 14.2. The second kappa shape index (κ2) is 11.5. The highest BCUT2D eigenvalue weighted by atomic mass is 28.4. The first-order valence-electron chi connectivity index (χ1n) is 12.4. The number of benzene rings is 1. The number of piperidine rings is 1. The molecule has 3 rings (SSSR count). The quantitative estimate of drug-likeness (QED) is 0.337. The van der Waals surface area contributed by atoms with E-state index in [9.17, 15) is 4.79 Å². The van der Waals surface area contributed by atoms with Gasteiger partial charge in [-0.2, -0.15) is 0 Å². The summed E-state index contributed by atoms with van der Waals surface area (Å²) in [7, 11) is -1.56. The van der Waals surface area contributed by atoms with Crippen molar-refractivity contribution in [2.45, 2.75) is 83.7 Å². The van der Waals surface area contributed by atoms with E-state index in [1.54, 1.807) is 0 Å². The van der Waals surface area contributed by atoms with Crippen LogP contribution in [0.5, 0.6) is 0 Å². The predicted octanol–water partition coefficient (Wildman–Crippen LogP) is 5.57. The molecule has 0 radical (unpaired) electrons. The predicted molar refractivity (Wildman–Crippen MR) is 129 cm³/mol. The fourth-order valence-electron chi connectivity index (χ4n) is 4.89. The number of carbonyl (C=O) groups is 1. The second-order valence-electron chi connectivity index (χ2n) is 9.46. The number of carbonyl (C=O) groups excluding carboxylic acids is 1. The van der Waals surface area contributed by atoms with Crippen LogP contribution >= 0.6 is 0 Å². The molecule has 1 heterocycles. The van der Waals surface area contributed by atoms with Gasteiger partial charge in [-0.15, -0.1) is 0 Å². The van der Waals surface area contributed by atoms with Crippen LogP contribution < -0.4 is 5.32 Å². The first-order valence-corrected chi connectivity index (χ1v) is 14.9. The summed E-state index contributed by atoms with van der Waals surface area (Å²) >= 11 is 0. The van der Waals surface area contributed by atoms with Gasteiger partial charge >= 0.3 is 6.09 Å². The van der Waals surface area contributed by atoms with Crippen LogP contribution in [0.4, 0.5) is 4.79 Å². The van der Waals surface area contributed by atoms with Crippen molar-refractivity contribution in [1.29, 1.82) is 0 Å². The molecule has 2 fully saturated rings. The summed E-state index contributed by atoms with van der Waals surface area (Å²) < 4.78 is 12.3. The molecule has 31 heavy (non-hydrogen) atoms. The molecule has 1 saturated carbocycles. The standard InChI is InChI=1S/C25H42N2O3Si/c1-4-31(5-2,6-3)30-23-20-27(19-16-25(23)14-15-25)18-11-10-17-26-24(28)29-21-22-12-8-7-9-13-22/h7-9,12-13,23H,4-6,10-11,14-21H2,1-3H3,(H,26,28). The molecule has 1 aliphatic heterocycles. The number of ether oxygens (including phenoxy) is 1. The van der Waals surface area contributed by atoms with E-state index < -0.39 is 8.32 Å². The van der Waals surface area contributed by atoms with E-state index in [0.717, 1.165) is 31.5 Å². The number of rotatable bonds is 12. The monoisotopic (exact) mass is 446 g/mol. The Morgan fingerprint density at radius 3 is 2.45 bits per heavy atom. The number of hydrogen-bond acceptors (Lipinski definition) is 4. The average Bonchev–Trinajstić information content (AvgIpc) is 3.59. The van der Waals surface area contributed by atoms with Gasteiger partial charge < -0.3 is 19.4 Å². The summed E-state index contributed by atoms with van der Waals surface area (Å²) in [6.45, 7) is 11.4. The Bertz CT molecular complexity index is 668. The van der Waals surface area contributed by atoms with E-state index in [0.29, 0.717) is 24.7 Å². The molecule has 0 bridgehead atoms. The molecule has 1 saturated heterocycles. The Hall–Kier alpha value is -1.37. The van der Waals surface area contributed by atoms with E-state index in [1.165, 1.54) is 43.9 Å². The van der Waals surface area contributed by atoms with Gasteiger partial charge in [-0.3, -0.25) is 0 Å². The number of nitrogens with one attached hydrogen (secondary N) is 1. The van der Waals surface area contributed by atoms with Gasteiger partial charge in [0.1, 0.15) is 6.61 Å². The highest BCUT2D eigenvalue weighted by molar-refractivity contribution is 6.73. The molecule has 1 N–H and O–H groups in total. The lowest BCUT2D eigenvalue weighted by molar-refractivity contribution is 0.0180. The van der Waals surface area contributed by atoms with E-state index in [1.807, 2.05) is 30.3 Å². The first-order chi connectivity index (χ1) is 15.0. The highest BCUT2D eigenvalue weighted by Gasteiger charge is 2.54. The Balaban J connectivity index is 1.34. The third-order valence-corrected chi connectivity index (χ3v) is 12.3. The van der Waals surface area contributed by atoms with Crippen LogP contribution in [0, 0.1) is 5.41 Å². The van der Waals surface area contributed by atoms with Crippen LogP contribution in [0.15, 0.2) is 30.3 Å². The van der Waals surface area contributed by atoms with Gasteiger partial charge in [0.2, 0.25) is 0 Å². The molecule has 5 nitrogen and oxygen atoms in total. The van der Waals surface area contributed by atoms with Crippen LogP contribution in [-0.4, -0.2) is 51.6 Å². The summed E-state index contributed by atoms with van der Waals surface area (Å²) in [5.41, 5.74) is 1.51. The van der Waals surface area contributed by atoms with Gasteiger partial charge in [0.15, 0.2) is 8.32 Å². The van der Waals surface area contributed by atoms with Crippen LogP contribution in [0.1, 0.15) is 58.4 Å². The lowest BCUT2D eigenvalue weighted by atomic mass is 9.90. The van der Waals surface area contributed by atoms with Crippen molar-refractivity contribution < 1.29 is 14.0 Å². The van der Waals surface area contributed by atoms with Gasteiger partial charge in [0.05, 0.1) is 6.10 Å². The van der Waals surface area contributed by atoms with Crippen LogP contribution in [0.25, 0.3) is 0 Å². The van der Waals surface area contributed by atoms with E-state index in [2.05, 4.69) is 31.0 Å². The Kier molecular flexibility index (Phi) is 8.99. The zero-order valence-corrected chi connectivity index (χ0v) is 20.8. The third kappa shape index (κ3) is 6.80. The van der Waals surface area contributed by atoms with Crippen LogP contribution in [-0.2, 0) is 15.8 Å². The van der Waals surface area contributed by atoms with Gasteiger partial charge in [-0.05, 0) is 74.3 Å². The SMILES string of the molecule is CC[Si](CC)(CC)OC1CN(CCCCNC(=O)OCc2ccccc2)CCC12CC2.